The third-order valence-corrected chi connectivity index (χ3v) is 2.41. The van der Waals surface area contributed by atoms with E-state index in [-0.39, 0.29) is 23.9 Å². The Morgan fingerprint density at radius 1 is 1.19 bits per heavy atom. The number of amides is 2. The molecule has 0 aromatic heterocycles. The van der Waals surface area contributed by atoms with Gasteiger partial charge in [0.05, 0.1) is 17.7 Å². The Morgan fingerprint density at radius 3 is 2.12 bits per heavy atom. The van der Waals surface area contributed by atoms with E-state index in [4.69, 9.17) is 0 Å². The summed E-state index contributed by atoms with van der Waals surface area (Å²) in [5.41, 5.74) is 0.965. The molecule has 0 radical (unpaired) electrons. The van der Waals surface area contributed by atoms with Crippen LogP contribution in [0.4, 0.5) is 0 Å². The van der Waals surface area contributed by atoms with Gasteiger partial charge in [-0.15, -0.1) is 0 Å². The average molecular weight is 215 g/mol. The van der Waals surface area contributed by atoms with Gasteiger partial charge in [0.2, 0.25) is 0 Å². The molecule has 16 heavy (non-hydrogen) atoms. The number of aldehydes is 1. The van der Waals surface area contributed by atoms with Gasteiger partial charge < -0.3 is 0 Å². The molecule has 2 rings (SSSR count). The van der Waals surface area contributed by atoms with Crippen LogP contribution in [0, 0.1) is 0 Å². The van der Waals surface area contributed by atoms with Crippen molar-refractivity contribution in [3.05, 3.63) is 47.5 Å². The molecule has 1 aliphatic heterocycles. The summed E-state index contributed by atoms with van der Waals surface area (Å²) >= 11 is 0. The molecule has 0 fully saturated rings. The number of fused-ring (bicyclic) bond motifs is 1. The van der Waals surface area contributed by atoms with Gasteiger partial charge in [-0.2, -0.15) is 0 Å². The maximum Gasteiger partial charge on any atom is 0.261 e. The molecule has 1 aromatic rings. The second kappa shape index (κ2) is 3.73. The topological polar surface area (TPSA) is 54.5 Å². The molecule has 0 aliphatic carbocycles. The fourth-order valence-electron chi connectivity index (χ4n) is 1.62. The normalized spacial score (nSPS) is 13.9. The van der Waals surface area contributed by atoms with Crippen molar-refractivity contribution in [2.24, 2.45) is 0 Å². The van der Waals surface area contributed by atoms with Crippen LogP contribution in [0.5, 0.6) is 0 Å². The van der Waals surface area contributed by atoms with Crippen LogP contribution in [-0.4, -0.2) is 29.5 Å². The van der Waals surface area contributed by atoms with Crippen LogP contribution in [0.25, 0.3) is 0 Å². The predicted octanol–water partition coefficient (Wildman–Crippen LogP) is 1.04. The highest BCUT2D eigenvalue weighted by Crippen LogP contribution is 2.22. The monoisotopic (exact) mass is 215 g/mol. The van der Waals surface area contributed by atoms with Crippen LogP contribution in [0.3, 0.4) is 0 Å². The lowest BCUT2D eigenvalue weighted by molar-refractivity contribution is -0.105. The van der Waals surface area contributed by atoms with E-state index in [1.54, 1.807) is 24.3 Å². The van der Waals surface area contributed by atoms with Gasteiger partial charge >= 0.3 is 0 Å². The van der Waals surface area contributed by atoms with Crippen molar-refractivity contribution >= 4 is 18.1 Å². The standard InChI is InChI=1S/C12H9NO3/c1-8(7-14)6-13-11(15)9-4-2-3-5-10(9)12(13)16/h2-5,7H,1,6H2. The van der Waals surface area contributed by atoms with Gasteiger partial charge in [-0.05, 0) is 12.1 Å². The van der Waals surface area contributed by atoms with Crippen molar-refractivity contribution in [2.75, 3.05) is 6.54 Å². The Bertz CT molecular complexity index is 470. The van der Waals surface area contributed by atoms with E-state index in [2.05, 4.69) is 6.58 Å². The van der Waals surface area contributed by atoms with Crippen molar-refractivity contribution in [1.82, 2.24) is 4.90 Å². The van der Waals surface area contributed by atoms with Gasteiger partial charge in [0.25, 0.3) is 11.8 Å². The van der Waals surface area contributed by atoms with E-state index < -0.39 is 0 Å². The first-order chi connectivity index (χ1) is 7.65. The highest BCUT2D eigenvalue weighted by molar-refractivity contribution is 6.21. The molecule has 1 heterocycles. The summed E-state index contributed by atoms with van der Waals surface area (Å²) < 4.78 is 0. The molecule has 0 N–H and O–H groups in total. The summed E-state index contributed by atoms with van der Waals surface area (Å²) in [5.74, 6) is -0.743. The van der Waals surface area contributed by atoms with E-state index in [0.717, 1.165) is 4.90 Å². The largest absolute Gasteiger partial charge is 0.298 e. The van der Waals surface area contributed by atoms with E-state index in [9.17, 15) is 14.4 Å². The van der Waals surface area contributed by atoms with Crippen molar-refractivity contribution in [2.45, 2.75) is 0 Å². The third kappa shape index (κ3) is 1.44. The first kappa shape index (κ1) is 10.3. The summed E-state index contributed by atoms with van der Waals surface area (Å²) in [5, 5.41) is 0. The lowest BCUT2D eigenvalue weighted by atomic mass is 10.1. The Balaban J connectivity index is 2.35. The zero-order valence-electron chi connectivity index (χ0n) is 8.47. The Hall–Kier alpha value is -2.23. The molecule has 1 aromatic carbocycles. The molecule has 0 bridgehead atoms. The Labute approximate surface area is 92.2 Å². The van der Waals surface area contributed by atoms with E-state index >= 15 is 0 Å². The second-order valence-electron chi connectivity index (χ2n) is 3.52. The molecule has 0 atom stereocenters. The number of rotatable bonds is 3. The highest BCUT2D eigenvalue weighted by Gasteiger charge is 2.34. The number of carbonyl (C=O) groups excluding carboxylic acids is 3. The second-order valence-corrected chi connectivity index (χ2v) is 3.52. The molecule has 0 unspecified atom stereocenters. The number of nitrogens with zero attached hydrogens (tertiary/aromatic N) is 1. The minimum atomic E-state index is -0.372. The molecule has 0 spiro atoms. The summed E-state index contributed by atoms with van der Waals surface area (Å²) in [6.07, 6.45) is 0.545. The van der Waals surface area contributed by atoms with Gasteiger partial charge in [-0.3, -0.25) is 19.3 Å². The summed E-state index contributed by atoms with van der Waals surface area (Å²) in [6, 6.07) is 6.59. The summed E-state index contributed by atoms with van der Waals surface area (Å²) in [4.78, 5) is 35.1. The van der Waals surface area contributed by atoms with Crippen LogP contribution in [-0.2, 0) is 4.79 Å². The highest BCUT2D eigenvalue weighted by atomic mass is 16.2. The first-order valence-electron chi connectivity index (χ1n) is 4.73. The van der Waals surface area contributed by atoms with Crippen LogP contribution in [0.1, 0.15) is 20.7 Å². The molecular formula is C12H9NO3. The number of carbonyl (C=O) groups is 3. The van der Waals surface area contributed by atoms with Crippen LogP contribution >= 0.6 is 0 Å². The lowest BCUT2D eigenvalue weighted by Crippen LogP contribution is -2.31. The van der Waals surface area contributed by atoms with E-state index in [1.807, 2.05) is 0 Å². The lowest BCUT2D eigenvalue weighted by Gasteiger charge is -2.12. The van der Waals surface area contributed by atoms with Crippen LogP contribution < -0.4 is 0 Å². The quantitative estimate of drug-likeness (QED) is 0.430. The van der Waals surface area contributed by atoms with Crippen molar-refractivity contribution in [3.8, 4) is 0 Å². The first-order valence-corrected chi connectivity index (χ1v) is 4.73. The van der Waals surface area contributed by atoms with Gasteiger partial charge in [-0.1, -0.05) is 18.7 Å². The Morgan fingerprint density at radius 2 is 1.69 bits per heavy atom. The molecule has 0 saturated heterocycles. The number of hydrogen-bond acceptors (Lipinski definition) is 3. The Kier molecular flexibility index (Phi) is 2.40. The van der Waals surface area contributed by atoms with Gasteiger partial charge in [0, 0.05) is 5.57 Å². The molecule has 80 valence electrons. The smallest absolute Gasteiger partial charge is 0.261 e. The molecule has 1 aliphatic rings. The number of imide groups is 1. The minimum Gasteiger partial charge on any atom is -0.298 e. The summed E-state index contributed by atoms with van der Waals surface area (Å²) in [7, 11) is 0. The molecular weight excluding hydrogens is 206 g/mol. The number of benzene rings is 1. The maximum atomic E-state index is 11.8. The summed E-state index contributed by atoms with van der Waals surface area (Å²) in [6.45, 7) is 3.41. The van der Waals surface area contributed by atoms with Crippen molar-refractivity contribution in [1.29, 1.82) is 0 Å². The maximum absolute atomic E-state index is 11.8. The van der Waals surface area contributed by atoms with Gasteiger partial charge in [-0.25, -0.2) is 0 Å². The fraction of sp³-hybridized carbons (Fsp3) is 0.0833. The van der Waals surface area contributed by atoms with Gasteiger partial charge in [0.1, 0.15) is 6.29 Å². The number of hydrogen-bond donors (Lipinski definition) is 0. The molecule has 2 amide bonds. The van der Waals surface area contributed by atoms with Crippen molar-refractivity contribution < 1.29 is 14.4 Å². The molecule has 4 heteroatoms. The van der Waals surface area contributed by atoms with Crippen molar-refractivity contribution in [3.63, 3.8) is 0 Å². The van der Waals surface area contributed by atoms with E-state index in [0.29, 0.717) is 17.4 Å². The molecule has 0 saturated carbocycles. The zero-order chi connectivity index (χ0) is 11.7. The predicted molar refractivity (Wildman–Crippen MR) is 57.0 cm³/mol. The fourth-order valence-corrected chi connectivity index (χ4v) is 1.62. The minimum absolute atomic E-state index is 0.0458. The zero-order valence-corrected chi connectivity index (χ0v) is 8.47. The van der Waals surface area contributed by atoms with E-state index in [1.165, 1.54) is 0 Å². The third-order valence-electron chi connectivity index (χ3n) is 2.41. The van der Waals surface area contributed by atoms with Gasteiger partial charge in [0.15, 0.2) is 0 Å². The SMILES string of the molecule is C=C(C=O)CN1C(=O)c2ccccc2C1=O. The van der Waals surface area contributed by atoms with Crippen LogP contribution in [0.2, 0.25) is 0 Å². The average Bonchev–Trinajstić information content (AvgIpc) is 2.55. The van der Waals surface area contributed by atoms with Crippen LogP contribution in [0.15, 0.2) is 36.4 Å². The molecule has 4 nitrogen and oxygen atoms in total.